The lowest BCUT2D eigenvalue weighted by Gasteiger charge is -2.11. The second-order valence-corrected chi connectivity index (χ2v) is 7.01. The van der Waals surface area contributed by atoms with Gasteiger partial charge >= 0.3 is 0 Å². The Morgan fingerprint density at radius 1 is 1.04 bits per heavy atom. The normalized spacial score (nSPS) is 10.0. The number of hydrogen-bond donors (Lipinski definition) is 3. The van der Waals surface area contributed by atoms with Gasteiger partial charge in [-0.25, -0.2) is 0 Å². The van der Waals surface area contributed by atoms with Crippen molar-refractivity contribution in [3.63, 3.8) is 0 Å². The molecule has 2 aromatic rings. The Morgan fingerprint density at radius 3 is 2.44 bits per heavy atom. The van der Waals surface area contributed by atoms with Crippen LogP contribution in [0.5, 0.6) is 0 Å². The molecule has 0 aromatic heterocycles. The highest BCUT2D eigenvalue weighted by Gasteiger charge is 2.10. The Bertz CT molecular complexity index is 801. The lowest BCUT2D eigenvalue weighted by molar-refractivity contribution is -0.119. The average molecular weight is 488 g/mol. The molecule has 8 heteroatoms. The lowest BCUT2D eigenvalue weighted by Crippen LogP contribution is -2.48. The standard InChI is InChI=1S/C17H15ClIN3O2S/c18-13-7-3-1-5-11(13)9-10-15(23)20-17(25)22-21-16(24)12-6-2-4-8-14(12)19/h1-8H,9-10H2,(H,21,24)(H2,20,22,23,25). The summed E-state index contributed by atoms with van der Waals surface area (Å²) in [4.78, 5) is 23.9. The van der Waals surface area contributed by atoms with Gasteiger partial charge in [0.05, 0.1) is 5.56 Å². The number of hydrazine groups is 1. The topological polar surface area (TPSA) is 70.2 Å². The van der Waals surface area contributed by atoms with Crippen LogP contribution in [0, 0.1) is 3.57 Å². The van der Waals surface area contributed by atoms with Gasteiger partial charge in [0.15, 0.2) is 5.11 Å². The van der Waals surface area contributed by atoms with E-state index in [1.54, 1.807) is 18.2 Å². The second kappa shape index (κ2) is 9.69. The number of carbonyl (C=O) groups excluding carboxylic acids is 2. The number of benzene rings is 2. The number of aryl methyl sites for hydroxylation is 1. The van der Waals surface area contributed by atoms with Gasteiger partial charge in [-0.05, 0) is 65.0 Å². The van der Waals surface area contributed by atoms with Crippen molar-refractivity contribution >= 4 is 63.3 Å². The molecule has 0 atom stereocenters. The summed E-state index contributed by atoms with van der Waals surface area (Å²) >= 11 is 13.1. The highest BCUT2D eigenvalue weighted by Crippen LogP contribution is 2.16. The minimum Gasteiger partial charge on any atom is -0.302 e. The van der Waals surface area contributed by atoms with E-state index in [9.17, 15) is 9.59 Å². The van der Waals surface area contributed by atoms with Crippen LogP contribution in [0.1, 0.15) is 22.3 Å². The molecule has 0 aliphatic carbocycles. The molecule has 2 aromatic carbocycles. The van der Waals surface area contributed by atoms with Gasteiger partial charge in [0.2, 0.25) is 5.91 Å². The molecule has 0 fully saturated rings. The number of nitrogens with one attached hydrogen (secondary N) is 3. The fourth-order valence-electron chi connectivity index (χ4n) is 2.00. The van der Waals surface area contributed by atoms with E-state index in [4.69, 9.17) is 23.8 Å². The van der Waals surface area contributed by atoms with E-state index >= 15 is 0 Å². The molecule has 0 aliphatic rings. The monoisotopic (exact) mass is 487 g/mol. The largest absolute Gasteiger partial charge is 0.302 e. The van der Waals surface area contributed by atoms with E-state index in [1.807, 2.05) is 30.3 Å². The first-order valence-electron chi connectivity index (χ1n) is 7.35. The summed E-state index contributed by atoms with van der Waals surface area (Å²) in [5.41, 5.74) is 6.39. The van der Waals surface area contributed by atoms with Gasteiger partial charge in [-0.15, -0.1) is 0 Å². The third-order valence-electron chi connectivity index (χ3n) is 3.24. The number of halogens is 2. The van der Waals surface area contributed by atoms with Crippen molar-refractivity contribution in [2.75, 3.05) is 0 Å². The van der Waals surface area contributed by atoms with Crippen LogP contribution >= 0.6 is 46.4 Å². The first-order chi connectivity index (χ1) is 12.0. The molecular formula is C17H15ClIN3O2S. The summed E-state index contributed by atoms with van der Waals surface area (Å²) in [6, 6.07) is 14.5. The molecule has 0 bridgehead atoms. The third kappa shape index (κ3) is 6.26. The zero-order chi connectivity index (χ0) is 18.2. The van der Waals surface area contributed by atoms with Gasteiger partial charge in [-0.1, -0.05) is 41.9 Å². The fourth-order valence-corrected chi connectivity index (χ4v) is 3.02. The maximum Gasteiger partial charge on any atom is 0.270 e. The SMILES string of the molecule is O=C(CCc1ccccc1Cl)NC(=S)NNC(=O)c1ccccc1I. The van der Waals surface area contributed by atoms with E-state index in [1.165, 1.54) is 0 Å². The molecule has 130 valence electrons. The van der Waals surface area contributed by atoms with Crippen molar-refractivity contribution in [3.8, 4) is 0 Å². The molecule has 0 radical (unpaired) electrons. The number of amides is 2. The Kier molecular flexibility index (Phi) is 7.60. The van der Waals surface area contributed by atoms with Crippen LogP contribution in [0.25, 0.3) is 0 Å². The van der Waals surface area contributed by atoms with Crippen LogP contribution in [0.2, 0.25) is 5.02 Å². The van der Waals surface area contributed by atoms with Crippen LogP contribution in [-0.2, 0) is 11.2 Å². The summed E-state index contributed by atoms with van der Waals surface area (Å²) in [5, 5.41) is 3.17. The van der Waals surface area contributed by atoms with Crippen molar-refractivity contribution in [3.05, 3.63) is 68.3 Å². The molecular weight excluding hydrogens is 473 g/mol. The van der Waals surface area contributed by atoms with Crippen LogP contribution in [0.3, 0.4) is 0 Å². The number of thiocarbonyl (C=S) groups is 1. The maximum atomic E-state index is 12.0. The Labute approximate surface area is 169 Å². The molecule has 0 heterocycles. The summed E-state index contributed by atoms with van der Waals surface area (Å²) in [7, 11) is 0. The van der Waals surface area contributed by atoms with Crippen molar-refractivity contribution in [2.45, 2.75) is 12.8 Å². The minimum absolute atomic E-state index is 0.0310. The van der Waals surface area contributed by atoms with Gasteiger partial charge < -0.3 is 5.32 Å². The number of hydrogen-bond acceptors (Lipinski definition) is 3. The Balaban J connectivity index is 1.76. The van der Waals surface area contributed by atoms with Crippen LogP contribution < -0.4 is 16.2 Å². The fraction of sp³-hybridized carbons (Fsp3) is 0.118. The number of rotatable bonds is 4. The van der Waals surface area contributed by atoms with Crippen LogP contribution in [-0.4, -0.2) is 16.9 Å². The molecule has 0 unspecified atom stereocenters. The first kappa shape index (κ1) is 19.6. The molecule has 0 aliphatic heterocycles. The Morgan fingerprint density at radius 2 is 1.72 bits per heavy atom. The van der Waals surface area contributed by atoms with Gasteiger partial charge in [0, 0.05) is 15.0 Å². The van der Waals surface area contributed by atoms with E-state index in [2.05, 4.69) is 38.8 Å². The van der Waals surface area contributed by atoms with Gasteiger partial charge in [-0.3, -0.25) is 20.4 Å². The van der Waals surface area contributed by atoms with Crippen molar-refractivity contribution in [1.82, 2.24) is 16.2 Å². The summed E-state index contributed by atoms with van der Waals surface area (Å²) in [6.45, 7) is 0. The van der Waals surface area contributed by atoms with E-state index in [-0.39, 0.29) is 23.3 Å². The average Bonchev–Trinajstić information content (AvgIpc) is 2.59. The van der Waals surface area contributed by atoms with E-state index in [0.29, 0.717) is 17.0 Å². The summed E-state index contributed by atoms with van der Waals surface area (Å²) < 4.78 is 0.814. The second-order valence-electron chi connectivity index (χ2n) is 5.03. The Hall–Kier alpha value is -1.71. The maximum absolute atomic E-state index is 12.0. The molecule has 2 amide bonds. The van der Waals surface area contributed by atoms with Crippen molar-refractivity contribution in [2.24, 2.45) is 0 Å². The molecule has 2 rings (SSSR count). The highest BCUT2D eigenvalue weighted by atomic mass is 127. The predicted octanol–water partition coefficient (Wildman–Crippen LogP) is 3.21. The van der Waals surface area contributed by atoms with Crippen LogP contribution in [0.15, 0.2) is 48.5 Å². The van der Waals surface area contributed by atoms with Gasteiger partial charge in [0.25, 0.3) is 5.91 Å². The predicted molar refractivity (Wildman–Crippen MR) is 110 cm³/mol. The third-order valence-corrected chi connectivity index (χ3v) is 4.75. The smallest absolute Gasteiger partial charge is 0.270 e. The molecule has 5 nitrogen and oxygen atoms in total. The molecule has 25 heavy (non-hydrogen) atoms. The minimum atomic E-state index is -0.335. The summed E-state index contributed by atoms with van der Waals surface area (Å²) in [6.07, 6.45) is 0.735. The van der Waals surface area contributed by atoms with Gasteiger partial charge in [0.1, 0.15) is 0 Å². The molecule has 0 saturated heterocycles. The van der Waals surface area contributed by atoms with Gasteiger partial charge in [-0.2, -0.15) is 0 Å². The molecule has 0 spiro atoms. The van der Waals surface area contributed by atoms with E-state index in [0.717, 1.165) is 9.13 Å². The zero-order valence-electron chi connectivity index (χ0n) is 13.0. The molecule has 3 N–H and O–H groups in total. The van der Waals surface area contributed by atoms with Crippen LogP contribution in [0.4, 0.5) is 0 Å². The quantitative estimate of drug-likeness (QED) is 0.352. The highest BCUT2D eigenvalue weighted by molar-refractivity contribution is 14.1. The lowest BCUT2D eigenvalue weighted by atomic mass is 10.1. The number of carbonyl (C=O) groups is 2. The van der Waals surface area contributed by atoms with Crippen molar-refractivity contribution in [1.29, 1.82) is 0 Å². The summed E-state index contributed by atoms with van der Waals surface area (Å²) in [5.74, 6) is -0.598. The molecule has 0 saturated carbocycles. The van der Waals surface area contributed by atoms with Crippen molar-refractivity contribution < 1.29 is 9.59 Å². The first-order valence-corrected chi connectivity index (χ1v) is 9.22. The zero-order valence-corrected chi connectivity index (χ0v) is 16.7. The van der Waals surface area contributed by atoms with E-state index < -0.39 is 0 Å².